The van der Waals surface area contributed by atoms with Crippen molar-refractivity contribution in [1.82, 2.24) is 0 Å². The summed E-state index contributed by atoms with van der Waals surface area (Å²) in [5, 5.41) is 0.570. The average Bonchev–Trinajstić information content (AvgIpc) is 2.46. The summed E-state index contributed by atoms with van der Waals surface area (Å²) in [6.07, 6.45) is 0. The Balaban J connectivity index is 2.65. The zero-order valence-electron chi connectivity index (χ0n) is 10.6. The summed E-state index contributed by atoms with van der Waals surface area (Å²) < 4.78 is 9.98. The number of carbonyl (C=O) groups is 1. The first kappa shape index (κ1) is 13.4. The van der Waals surface area contributed by atoms with Gasteiger partial charge in [0.2, 0.25) is 0 Å². The van der Waals surface area contributed by atoms with E-state index < -0.39 is 5.97 Å². The number of carbonyl (C=O) groups excluding carboxylic acids is 1. The first-order chi connectivity index (χ1) is 9.17. The van der Waals surface area contributed by atoms with Crippen LogP contribution in [0.25, 0.3) is 11.1 Å². The molecule has 0 N–H and O–H groups in total. The predicted octanol–water partition coefficient (Wildman–Crippen LogP) is 3.80. The van der Waals surface area contributed by atoms with Crippen LogP contribution < -0.4 is 4.74 Å². The van der Waals surface area contributed by atoms with Gasteiger partial charge in [0, 0.05) is 16.1 Å². The van der Waals surface area contributed by atoms with E-state index in [2.05, 4.69) is 0 Å². The van der Waals surface area contributed by atoms with E-state index in [0.717, 1.165) is 5.56 Å². The summed E-state index contributed by atoms with van der Waals surface area (Å²) in [6, 6.07) is 12.5. The summed E-state index contributed by atoms with van der Waals surface area (Å²) in [5.74, 6) is 0.250. The quantitative estimate of drug-likeness (QED) is 0.800. The Morgan fingerprint density at radius 1 is 1.05 bits per heavy atom. The van der Waals surface area contributed by atoms with E-state index >= 15 is 0 Å². The van der Waals surface area contributed by atoms with Crippen LogP contribution in [-0.2, 0) is 4.74 Å². The standard InChI is InChI=1S/C15H13ClO3/c1-18-10-7-8-12(15(17)19-2)13(9-10)11-5-3-4-6-14(11)16/h3-9H,1-2H3. The number of halogens is 1. The van der Waals surface area contributed by atoms with Gasteiger partial charge >= 0.3 is 5.97 Å². The van der Waals surface area contributed by atoms with Crippen molar-refractivity contribution in [1.29, 1.82) is 0 Å². The highest BCUT2D eigenvalue weighted by molar-refractivity contribution is 6.33. The fourth-order valence-electron chi connectivity index (χ4n) is 1.84. The molecule has 0 unspecified atom stereocenters. The van der Waals surface area contributed by atoms with Gasteiger partial charge in [0.05, 0.1) is 19.8 Å². The summed E-state index contributed by atoms with van der Waals surface area (Å²) in [4.78, 5) is 11.8. The summed E-state index contributed by atoms with van der Waals surface area (Å²) in [6.45, 7) is 0. The molecule has 0 radical (unpaired) electrons. The van der Waals surface area contributed by atoms with Crippen LogP contribution in [0, 0.1) is 0 Å². The molecular formula is C15H13ClO3. The van der Waals surface area contributed by atoms with Gasteiger partial charge in [-0.25, -0.2) is 4.79 Å². The number of hydrogen-bond acceptors (Lipinski definition) is 3. The number of hydrogen-bond donors (Lipinski definition) is 0. The molecule has 2 rings (SSSR count). The SMILES string of the molecule is COC(=O)c1ccc(OC)cc1-c1ccccc1Cl. The Hall–Kier alpha value is -2.00. The molecule has 0 saturated carbocycles. The van der Waals surface area contributed by atoms with Crippen LogP contribution in [0.3, 0.4) is 0 Å². The summed E-state index contributed by atoms with van der Waals surface area (Å²) in [7, 11) is 2.92. The molecule has 0 fully saturated rings. The third-order valence-electron chi connectivity index (χ3n) is 2.80. The molecule has 0 spiro atoms. The molecule has 3 nitrogen and oxygen atoms in total. The zero-order chi connectivity index (χ0) is 13.8. The Morgan fingerprint density at radius 2 is 1.79 bits per heavy atom. The van der Waals surface area contributed by atoms with Crippen LogP contribution >= 0.6 is 11.6 Å². The molecule has 0 amide bonds. The van der Waals surface area contributed by atoms with Crippen molar-refractivity contribution in [3.05, 3.63) is 53.1 Å². The molecule has 0 aromatic heterocycles. The monoisotopic (exact) mass is 276 g/mol. The number of rotatable bonds is 3. The highest BCUT2D eigenvalue weighted by Gasteiger charge is 2.16. The Bertz CT molecular complexity index is 608. The number of methoxy groups -OCH3 is 2. The zero-order valence-corrected chi connectivity index (χ0v) is 11.4. The van der Waals surface area contributed by atoms with Crippen LogP contribution in [0.4, 0.5) is 0 Å². The average molecular weight is 277 g/mol. The van der Waals surface area contributed by atoms with E-state index in [1.807, 2.05) is 18.2 Å². The van der Waals surface area contributed by atoms with Gasteiger partial charge in [-0.3, -0.25) is 0 Å². The molecule has 0 atom stereocenters. The third-order valence-corrected chi connectivity index (χ3v) is 3.13. The topological polar surface area (TPSA) is 35.5 Å². The van der Waals surface area contributed by atoms with Crippen molar-refractivity contribution in [2.45, 2.75) is 0 Å². The van der Waals surface area contributed by atoms with E-state index in [1.165, 1.54) is 7.11 Å². The van der Waals surface area contributed by atoms with Gasteiger partial charge in [-0.2, -0.15) is 0 Å². The van der Waals surface area contributed by atoms with Gasteiger partial charge in [-0.1, -0.05) is 29.8 Å². The second-order valence-corrected chi connectivity index (χ2v) is 4.29. The molecule has 0 saturated heterocycles. The lowest BCUT2D eigenvalue weighted by Gasteiger charge is -2.11. The second kappa shape index (κ2) is 5.76. The molecule has 98 valence electrons. The lowest BCUT2D eigenvalue weighted by Crippen LogP contribution is -2.04. The lowest BCUT2D eigenvalue weighted by molar-refractivity contribution is 0.0601. The van der Waals surface area contributed by atoms with Gasteiger partial charge in [0.1, 0.15) is 5.75 Å². The van der Waals surface area contributed by atoms with Crippen LogP contribution in [0.5, 0.6) is 5.75 Å². The number of ether oxygens (including phenoxy) is 2. The summed E-state index contributed by atoms with van der Waals surface area (Å²) >= 11 is 6.18. The molecule has 0 aliphatic rings. The minimum atomic E-state index is -0.405. The van der Waals surface area contributed by atoms with Crippen molar-refractivity contribution >= 4 is 17.6 Å². The van der Waals surface area contributed by atoms with Crippen molar-refractivity contribution in [2.75, 3.05) is 14.2 Å². The van der Waals surface area contributed by atoms with Crippen molar-refractivity contribution in [2.24, 2.45) is 0 Å². The first-order valence-corrected chi connectivity index (χ1v) is 6.06. The van der Waals surface area contributed by atoms with Crippen LogP contribution in [0.15, 0.2) is 42.5 Å². The highest BCUT2D eigenvalue weighted by atomic mass is 35.5. The Kier molecular flexibility index (Phi) is 4.07. The predicted molar refractivity (Wildman–Crippen MR) is 74.8 cm³/mol. The van der Waals surface area contributed by atoms with Crippen molar-refractivity contribution < 1.29 is 14.3 Å². The molecule has 0 bridgehead atoms. The smallest absolute Gasteiger partial charge is 0.338 e. The van der Waals surface area contributed by atoms with Gasteiger partial charge in [-0.05, 0) is 24.3 Å². The third kappa shape index (κ3) is 2.71. The maximum absolute atomic E-state index is 11.8. The number of benzene rings is 2. The highest BCUT2D eigenvalue weighted by Crippen LogP contribution is 2.33. The van der Waals surface area contributed by atoms with E-state index in [1.54, 1.807) is 31.4 Å². The molecule has 2 aromatic carbocycles. The van der Waals surface area contributed by atoms with Crippen LogP contribution in [0.1, 0.15) is 10.4 Å². The fourth-order valence-corrected chi connectivity index (χ4v) is 2.08. The Labute approximate surface area is 116 Å². The molecule has 19 heavy (non-hydrogen) atoms. The number of esters is 1. The van der Waals surface area contributed by atoms with Gasteiger partial charge in [-0.15, -0.1) is 0 Å². The fraction of sp³-hybridized carbons (Fsp3) is 0.133. The van der Waals surface area contributed by atoms with Crippen molar-refractivity contribution in [3.8, 4) is 16.9 Å². The maximum atomic E-state index is 11.8. The maximum Gasteiger partial charge on any atom is 0.338 e. The lowest BCUT2D eigenvalue weighted by atomic mass is 9.99. The molecule has 0 heterocycles. The molecule has 0 aliphatic carbocycles. The van der Waals surface area contributed by atoms with Gasteiger partial charge < -0.3 is 9.47 Å². The normalized spacial score (nSPS) is 10.1. The molecule has 4 heteroatoms. The van der Waals surface area contributed by atoms with E-state index in [-0.39, 0.29) is 0 Å². The summed E-state index contributed by atoms with van der Waals surface area (Å²) in [5.41, 5.74) is 1.91. The van der Waals surface area contributed by atoms with E-state index in [0.29, 0.717) is 21.9 Å². The molecule has 2 aromatic rings. The van der Waals surface area contributed by atoms with Crippen LogP contribution in [-0.4, -0.2) is 20.2 Å². The van der Waals surface area contributed by atoms with Gasteiger partial charge in [0.25, 0.3) is 0 Å². The molecule has 0 aliphatic heterocycles. The second-order valence-electron chi connectivity index (χ2n) is 3.88. The van der Waals surface area contributed by atoms with Gasteiger partial charge in [0.15, 0.2) is 0 Å². The first-order valence-electron chi connectivity index (χ1n) is 5.68. The van der Waals surface area contributed by atoms with Crippen molar-refractivity contribution in [3.63, 3.8) is 0 Å². The largest absolute Gasteiger partial charge is 0.497 e. The molecular weight excluding hydrogens is 264 g/mol. The van der Waals surface area contributed by atoms with Crippen LogP contribution in [0.2, 0.25) is 5.02 Å². The van der Waals surface area contributed by atoms with E-state index in [9.17, 15) is 4.79 Å². The Morgan fingerprint density at radius 3 is 2.42 bits per heavy atom. The minimum absolute atomic E-state index is 0.405. The van der Waals surface area contributed by atoms with E-state index in [4.69, 9.17) is 21.1 Å². The minimum Gasteiger partial charge on any atom is -0.497 e.